The van der Waals surface area contributed by atoms with E-state index in [0.717, 1.165) is 4.90 Å². The highest BCUT2D eigenvalue weighted by Crippen LogP contribution is 2.17. The van der Waals surface area contributed by atoms with Crippen molar-refractivity contribution in [2.75, 3.05) is 4.90 Å². The molecule has 13 heavy (non-hydrogen) atoms. The van der Waals surface area contributed by atoms with Crippen LogP contribution in [0.15, 0.2) is 24.0 Å². The van der Waals surface area contributed by atoms with Crippen molar-refractivity contribution in [3.8, 4) is 0 Å². The van der Waals surface area contributed by atoms with E-state index >= 15 is 0 Å². The Morgan fingerprint density at radius 3 is 2.69 bits per heavy atom. The molecule has 0 radical (unpaired) electrons. The lowest BCUT2D eigenvalue weighted by Gasteiger charge is -2.09. The number of aromatic nitrogens is 2. The van der Waals surface area contributed by atoms with Gasteiger partial charge in [-0.05, 0) is 6.92 Å². The number of nitrogens with one attached hydrogen (secondary N) is 1. The van der Waals surface area contributed by atoms with Crippen LogP contribution in [0.25, 0.3) is 0 Å². The zero-order chi connectivity index (χ0) is 9.42. The highest BCUT2D eigenvalue weighted by molar-refractivity contribution is 6.29. The number of rotatable bonds is 1. The number of carbonyl (C=O) groups is 2. The van der Waals surface area contributed by atoms with E-state index in [4.69, 9.17) is 0 Å². The van der Waals surface area contributed by atoms with Crippen molar-refractivity contribution in [3.05, 3.63) is 24.0 Å². The molecule has 1 aromatic heterocycles. The summed E-state index contributed by atoms with van der Waals surface area (Å²) < 4.78 is 0. The summed E-state index contributed by atoms with van der Waals surface area (Å²) in [6.45, 7) is 1.60. The van der Waals surface area contributed by atoms with Crippen LogP contribution in [-0.4, -0.2) is 21.8 Å². The number of carbonyl (C=O) groups excluding carboxylic acids is 2. The molecule has 1 aromatic rings. The van der Waals surface area contributed by atoms with E-state index in [1.54, 1.807) is 13.1 Å². The molecule has 0 spiro atoms. The first kappa shape index (κ1) is 7.72. The molecule has 1 aliphatic rings. The van der Waals surface area contributed by atoms with Crippen LogP contribution in [0.4, 0.5) is 5.95 Å². The summed E-state index contributed by atoms with van der Waals surface area (Å²) in [5.41, 5.74) is 0.432. The van der Waals surface area contributed by atoms with Crippen LogP contribution in [0, 0.1) is 0 Å². The quantitative estimate of drug-likeness (QED) is 0.624. The van der Waals surface area contributed by atoms with Gasteiger partial charge in [0, 0.05) is 24.0 Å². The Bertz CT molecular complexity index is 392. The van der Waals surface area contributed by atoms with E-state index < -0.39 is 0 Å². The minimum absolute atomic E-state index is 0.267. The number of imide groups is 1. The van der Waals surface area contributed by atoms with Crippen LogP contribution in [0.1, 0.15) is 6.92 Å². The average Bonchev–Trinajstić information content (AvgIpc) is 2.63. The van der Waals surface area contributed by atoms with Crippen molar-refractivity contribution < 1.29 is 9.59 Å². The number of imidazole rings is 1. The number of H-pyrrole nitrogens is 1. The predicted octanol–water partition coefficient (Wildman–Crippen LogP) is 0.229. The number of hydrogen-bond donors (Lipinski definition) is 1. The second-order valence-corrected chi connectivity index (χ2v) is 2.72. The van der Waals surface area contributed by atoms with E-state index in [1.807, 2.05) is 0 Å². The van der Waals surface area contributed by atoms with Gasteiger partial charge in [0.05, 0.1) is 0 Å². The van der Waals surface area contributed by atoms with Crippen molar-refractivity contribution in [1.82, 2.24) is 9.97 Å². The summed E-state index contributed by atoms with van der Waals surface area (Å²) in [6, 6.07) is 0. The van der Waals surface area contributed by atoms with E-state index in [1.165, 1.54) is 12.3 Å². The minimum Gasteiger partial charge on any atom is -0.330 e. The lowest BCUT2D eigenvalue weighted by Crippen LogP contribution is -2.31. The van der Waals surface area contributed by atoms with Gasteiger partial charge >= 0.3 is 0 Å². The smallest absolute Gasteiger partial charge is 0.263 e. The van der Waals surface area contributed by atoms with E-state index in [0.29, 0.717) is 5.57 Å². The van der Waals surface area contributed by atoms with Gasteiger partial charge in [-0.3, -0.25) is 9.59 Å². The molecule has 2 amide bonds. The number of nitrogens with zero attached hydrogens (tertiary/aromatic N) is 2. The molecular formula is C8H7N3O2. The SMILES string of the molecule is CC1=CC(=O)N(c2ncc[nH]2)C1=O. The standard InChI is InChI=1S/C8H7N3O2/c1-5-4-6(12)11(7(5)13)8-9-2-3-10-8/h2-4H,1H3,(H,9,10). The first-order chi connectivity index (χ1) is 6.20. The molecule has 0 saturated carbocycles. The average molecular weight is 177 g/mol. The summed E-state index contributed by atoms with van der Waals surface area (Å²) in [6.07, 6.45) is 4.35. The van der Waals surface area contributed by atoms with Gasteiger partial charge in [0.25, 0.3) is 11.8 Å². The van der Waals surface area contributed by atoms with Gasteiger partial charge in [0.2, 0.25) is 5.95 Å². The van der Waals surface area contributed by atoms with Crippen LogP contribution in [0.5, 0.6) is 0 Å². The van der Waals surface area contributed by atoms with Crippen molar-refractivity contribution in [2.24, 2.45) is 0 Å². The molecule has 2 heterocycles. The van der Waals surface area contributed by atoms with Gasteiger partial charge in [-0.1, -0.05) is 0 Å². The summed E-state index contributed by atoms with van der Waals surface area (Å²) >= 11 is 0. The number of aromatic amines is 1. The maximum atomic E-state index is 11.4. The van der Waals surface area contributed by atoms with Crippen molar-refractivity contribution in [2.45, 2.75) is 6.92 Å². The molecule has 0 bridgehead atoms. The lowest BCUT2D eigenvalue weighted by molar-refractivity contribution is -0.120. The van der Waals surface area contributed by atoms with Gasteiger partial charge in [0.1, 0.15) is 0 Å². The van der Waals surface area contributed by atoms with Gasteiger partial charge in [-0.2, -0.15) is 0 Å². The molecule has 66 valence electrons. The van der Waals surface area contributed by atoms with Gasteiger partial charge in [-0.25, -0.2) is 9.88 Å². The van der Waals surface area contributed by atoms with Crippen molar-refractivity contribution in [1.29, 1.82) is 0 Å². The topological polar surface area (TPSA) is 66.1 Å². The fourth-order valence-corrected chi connectivity index (χ4v) is 1.17. The highest BCUT2D eigenvalue weighted by atomic mass is 16.2. The molecule has 0 aliphatic carbocycles. The second kappa shape index (κ2) is 2.55. The monoisotopic (exact) mass is 177 g/mol. The third kappa shape index (κ3) is 1.05. The lowest BCUT2D eigenvalue weighted by atomic mass is 10.3. The molecule has 5 heteroatoms. The fraction of sp³-hybridized carbons (Fsp3) is 0.125. The third-order valence-corrected chi connectivity index (χ3v) is 1.80. The molecule has 0 atom stereocenters. The van der Waals surface area contributed by atoms with E-state index in [2.05, 4.69) is 9.97 Å². The molecule has 0 aromatic carbocycles. The minimum atomic E-state index is -0.350. The highest BCUT2D eigenvalue weighted by Gasteiger charge is 2.31. The van der Waals surface area contributed by atoms with E-state index in [9.17, 15) is 9.59 Å². The second-order valence-electron chi connectivity index (χ2n) is 2.72. The number of anilines is 1. The van der Waals surface area contributed by atoms with Crippen LogP contribution in [0.3, 0.4) is 0 Å². The van der Waals surface area contributed by atoms with Gasteiger partial charge in [0.15, 0.2) is 0 Å². The molecule has 2 rings (SSSR count). The van der Waals surface area contributed by atoms with Gasteiger partial charge < -0.3 is 4.98 Å². The maximum Gasteiger partial charge on any atom is 0.263 e. The normalized spacial score (nSPS) is 16.7. The van der Waals surface area contributed by atoms with Crippen LogP contribution in [-0.2, 0) is 9.59 Å². The molecule has 1 N–H and O–H groups in total. The van der Waals surface area contributed by atoms with Crippen LogP contribution >= 0.6 is 0 Å². The summed E-state index contributed by atoms with van der Waals surface area (Å²) in [5, 5.41) is 0. The number of hydrogen-bond acceptors (Lipinski definition) is 3. The zero-order valence-electron chi connectivity index (χ0n) is 6.94. The van der Waals surface area contributed by atoms with Gasteiger partial charge in [-0.15, -0.1) is 0 Å². The number of amides is 2. The third-order valence-electron chi connectivity index (χ3n) is 1.80. The maximum absolute atomic E-state index is 11.4. The summed E-state index contributed by atoms with van der Waals surface area (Å²) in [4.78, 5) is 30.2. The Morgan fingerprint density at radius 2 is 2.23 bits per heavy atom. The summed E-state index contributed by atoms with van der Waals surface area (Å²) in [7, 11) is 0. The van der Waals surface area contributed by atoms with Crippen molar-refractivity contribution >= 4 is 17.8 Å². The summed E-state index contributed by atoms with van der Waals surface area (Å²) in [5.74, 6) is -0.402. The molecule has 1 aliphatic heterocycles. The molecule has 0 unspecified atom stereocenters. The van der Waals surface area contributed by atoms with E-state index in [-0.39, 0.29) is 17.8 Å². The molecular weight excluding hydrogens is 170 g/mol. The molecule has 5 nitrogen and oxygen atoms in total. The Balaban J connectivity index is 2.39. The van der Waals surface area contributed by atoms with Crippen LogP contribution in [0.2, 0.25) is 0 Å². The first-order valence-electron chi connectivity index (χ1n) is 3.76. The first-order valence-corrected chi connectivity index (χ1v) is 3.76. The Labute approximate surface area is 74.1 Å². The predicted molar refractivity (Wildman–Crippen MR) is 44.8 cm³/mol. The Morgan fingerprint density at radius 1 is 1.46 bits per heavy atom. The van der Waals surface area contributed by atoms with Crippen molar-refractivity contribution in [3.63, 3.8) is 0 Å². The van der Waals surface area contributed by atoms with Crippen LogP contribution < -0.4 is 4.90 Å². The zero-order valence-corrected chi connectivity index (χ0v) is 6.94. The molecule has 0 fully saturated rings. The fourth-order valence-electron chi connectivity index (χ4n) is 1.17. The Kier molecular flexibility index (Phi) is 1.51. The largest absolute Gasteiger partial charge is 0.330 e. The molecule has 0 saturated heterocycles. The Hall–Kier alpha value is -1.91.